The molecule has 1 N–H and O–H groups in total. The summed E-state index contributed by atoms with van der Waals surface area (Å²) in [5, 5.41) is 14.0. The first-order valence-electron chi connectivity index (χ1n) is 10.6. The normalized spacial score (nSPS) is 10.6. The van der Waals surface area contributed by atoms with E-state index in [-0.39, 0.29) is 46.4 Å². The molecule has 0 fully saturated rings. The summed E-state index contributed by atoms with van der Waals surface area (Å²) in [5.74, 6) is -1.24. The summed E-state index contributed by atoms with van der Waals surface area (Å²) in [6.07, 6.45) is 2.49. The quantitative estimate of drug-likeness (QED) is 0.263. The maximum Gasteiger partial charge on any atom is 0.360 e. The van der Waals surface area contributed by atoms with Crippen LogP contribution in [0.25, 0.3) is 12.2 Å². The van der Waals surface area contributed by atoms with E-state index in [0.717, 1.165) is 6.07 Å². The van der Waals surface area contributed by atoms with Crippen molar-refractivity contribution in [1.82, 2.24) is 0 Å². The number of hydrogen-bond acceptors (Lipinski definition) is 9. The molecule has 0 atom stereocenters. The van der Waals surface area contributed by atoms with E-state index in [2.05, 4.69) is 5.32 Å². The molecule has 0 aliphatic rings. The lowest BCUT2D eigenvalue weighted by Gasteiger charge is -2.10. The second-order valence-electron chi connectivity index (χ2n) is 7.12. The lowest BCUT2D eigenvalue weighted by atomic mass is 10.1. The first-order valence-corrected chi connectivity index (χ1v) is 10.6. The van der Waals surface area contributed by atoms with Gasteiger partial charge in [0.25, 0.3) is 11.6 Å². The summed E-state index contributed by atoms with van der Waals surface area (Å²) in [4.78, 5) is 48.6. The Kier molecular flexibility index (Phi) is 8.18. The van der Waals surface area contributed by atoms with Gasteiger partial charge in [-0.05, 0) is 43.3 Å². The van der Waals surface area contributed by atoms with Gasteiger partial charge in [0.05, 0.1) is 37.4 Å². The average molecular weight is 494 g/mol. The van der Waals surface area contributed by atoms with Crippen molar-refractivity contribution in [2.75, 3.05) is 26.1 Å². The zero-order valence-corrected chi connectivity index (χ0v) is 19.6. The molecule has 0 bridgehead atoms. The Balaban J connectivity index is 2.06. The number of carbonyl (C=O) groups excluding carboxylic acids is 2. The van der Waals surface area contributed by atoms with Crippen molar-refractivity contribution >= 4 is 35.4 Å². The molecular formula is C25H22N2O9. The van der Waals surface area contributed by atoms with Gasteiger partial charge < -0.3 is 23.9 Å². The molecule has 3 aromatic rings. The molecule has 3 rings (SSSR count). The highest BCUT2D eigenvalue weighted by atomic mass is 16.6. The fourth-order valence-corrected chi connectivity index (χ4v) is 3.19. The largest absolute Gasteiger partial charge is 0.493 e. The van der Waals surface area contributed by atoms with Gasteiger partial charge in [-0.1, -0.05) is 18.2 Å². The van der Waals surface area contributed by atoms with Crippen LogP contribution in [0.3, 0.4) is 0 Å². The van der Waals surface area contributed by atoms with Crippen LogP contribution in [0.2, 0.25) is 0 Å². The third-order valence-electron chi connectivity index (χ3n) is 4.90. The van der Waals surface area contributed by atoms with Gasteiger partial charge in [0.15, 0.2) is 11.5 Å². The van der Waals surface area contributed by atoms with Gasteiger partial charge in [-0.2, -0.15) is 0 Å². The molecule has 186 valence electrons. The van der Waals surface area contributed by atoms with Gasteiger partial charge in [-0.25, -0.2) is 9.59 Å². The third kappa shape index (κ3) is 5.76. The van der Waals surface area contributed by atoms with Gasteiger partial charge in [-0.3, -0.25) is 14.9 Å². The molecule has 0 aliphatic carbocycles. The number of benzene rings is 2. The van der Waals surface area contributed by atoms with Crippen molar-refractivity contribution in [1.29, 1.82) is 0 Å². The van der Waals surface area contributed by atoms with Crippen LogP contribution < -0.4 is 20.4 Å². The summed E-state index contributed by atoms with van der Waals surface area (Å²) < 4.78 is 20.6. The summed E-state index contributed by atoms with van der Waals surface area (Å²) in [6, 6.07) is 11.8. The molecule has 0 saturated carbocycles. The molecular weight excluding hydrogens is 472 g/mol. The van der Waals surface area contributed by atoms with Crippen molar-refractivity contribution in [3.63, 3.8) is 0 Å². The number of ether oxygens (including phenoxy) is 3. The molecule has 0 spiro atoms. The maximum atomic E-state index is 12.6. The van der Waals surface area contributed by atoms with E-state index in [0.29, 0.717) is 5.56 Å². The van der Waals surface area contributed by atoms with Crippen molar-refractivity contribution < 1.29 is 33.1 Å². The highest BCUT2D eigenvalue weighted by molar-refractivity contribution is 6.05. The van der Waals surface area contributed by atoms with Crippen LogP contribution >= 0.6 is 0 Å². The minimum Gasteiger partial charge on any atom is -0.493 e. The van der Waals surface area contributed by atoms with Crippen molar-refractivity contribution in [3.05, 3.63) is 91.5 Å². The Morgan fingerprint density at radius 2 is 1.72 bits per heavy atom. The lowest BCUT2D eigenvalue weighted by molar-refractivity contribution is -0.385. The number of nitrogens with zero attached hydrogens (tertiary/aromatic N) is 1. The predicted molar refractivity (Wildman–Crippen MR) is 130 cm³/mol. The average Bonchev–Trinajstić information content (AvgIpc) is 2.88. The van der Waals surface area contributed by atoms with Crippen LogP contribution in [0.1, 0.15) is 39.0 Å². The molecule has 0 saturated heterocycles. The van der Waals surface area contributed by atoms with E-state index in [9.17, 15) is 24.5 Å². The van der Waals surface area contributed by atoms with Gasteiger partial charge in [0, 0.05) is 5.56 Å². The van der Waals surface area contributed by atoms with E-state index in [1.165, 1.54) is 38.5 Å². The molecule has 0 radical (unpaired) electrons. The van der Waals surface area contributed by atoms with Crippen molar-refractivity contribution in [2.24, 2.45) is 0 Å². The molecule has 0 aliphatic heterocycles. The molecule has 2 aromatic carbocycles. The van der Waals surface area contributed by atoms with Crippen LogP contribution in [0.4, 0.5) is 11.4 Å². The Labute approximate surface area is 205 Å². The zero-order chi connectivity index (χ0) is 26.2. The highest BCUT2D eigenvalue weighted by Crippen LogP contribution is 2.35. The summed E-state index contributed by atoms with van der Waals surface area (Å²) in [5.41, 5.74) is -1.30. The molecule has 36 heavy (non-hydrogen) atoms. The van der Waals surface area contributed by atoms with E-state index in [4.69, 9.17) is 18.6 Å². The van der Waals surface area contributed by atoms with Crippen LogP contribution in [-0.4, -0.2) is 37.6 Å². The maximum absolute atomic E-state index is 12.6. The number of nitro benzene ring substituents is 1. The van der Waals surface area contributed by atoms with E-state index < -0.39 is 22.4 Å². The number of rotatable bonds is 9. The van der Waals surface area contributed by atoms with Crippen LogP contribution in [-0.2, 0) is 4.74 Å². The fourth-order valence-electron chi connectivity index (χ4n) is 3.19. The zero-order valence-electron chi connectivity index (χ0n) is 19.6. The Morgan fingerprint density at radius 3 is 2.33 bits per heavy atom. The van der Waals surface area contributed by atoms with Gasteiger partial charge in [0.1, 0.15) is 17.0 Å². The minimum atomic E-state index is -0.936. The molecule has 11 heteroatoms. The molecule has 1 aromatic heterocycles. The monoisotopic (exact) mass is 494 g/mol. The Morgan fingerprint density at radius 1 is 1.06 bits per heavy atom. The lowest BCUT2D eigenvalue weighted by Crippen LogP contribution is -2.20. The highest BCUT2D eigenvalue weighted by Gasteiger charge is 2.21. The molecule has 1 heterocycles. The van der Waals surface area contributed by atoms with Crippen LogP contribution in [0, 0.1) is 10.1 Å². The third-order valence-corrected chi connectivity index (χ3v) is 4.90. The van der Waals surface area contributed by atoms with Crippen LogP contribution in [0.5, 0.6) is 11.5 Å². The van der Waals surface area contributed by atoms with Crippen LogP contribution in [0.15, 0.2) is 57.7 Å². The number of nitro groups is 1. The molecule has 11 nitrogen and oxygen atoms in total. The fraction of sp³-hybridized carbons (Fsp3) is 0.160. The predicted octanol–water partition coefficient (Wildman–Crippen LogP) is 4.16. The first-order chi connectivity index (χ1) is 17.3. The second-order valence-corrected chi connectivity index (χ2v) is 7.12. The number of hydrogen-bond donors (Lipinski definition) is 1. The van der Waals surface area contributed by atoms with Crippen molar-refractivity contribution in [3.8, 4) is 11.5 Å². The molecule has 0 unspecified atom stereocenters. The molecule has 1 amide bonds. The number of carbonyl (C=O) groups is 2. The topological polar surface area (TPSA) is 147 Å². The standard InChI is InChI=1S/C25H22N2O9/c1-4-35-24(29)17-13-18(26-23(28)15-8-6-5-7-9-15)25(30)36-20(17)11-10-16-12-21(33-2)22(34-3)14-19(16)27(31)32/h5-14H,4H2,1-3H3,(H,26,28)/b11-10+. The summed E-state index contributed by atoms with van der Waals surface area (Å²) in [7, 11) is 2.72. The van der Waals surface area contributed by atoms with E-state index in [1.807, 2.05) is 0 Å². The smallest absolute Gasteiger partial charge is 0.360 e. The van der Waals surface area contributed by atoms with Gasteiger partial charge >= 0.3 is 11.6 Å². The number of anilines is 1. The summed E-state index contributed by atoms with van der Waals surface area (Å²) >= 11 is 0. The number of esters is 1. The number of amides is 1. The van der Waals surface area contributed by atoms with Crippen molar-refractivity contribution in [2.45, 2.75) is 6.92 Å². The van der Waals surface area contributed by atoms with Gasteiger partial charge in [-0.15, -0.1) is 0 Å². The Bertz CT molecular complexity index is 1380. The minimum absolute atomic E-state index is 0.0357. The second kappa shape index (κ2) is 11.5. The summed E-state index contributed by atoms with van der Waals surface area (Å²) in [6.45, 7) is 1.63. The number of methoxy groups -OCH3 is 2. The SMILES string of the molecule is CCOC(=O)c1cc(NC(=O)c2ccccc2)c(=O)oc1/C=C/c1cc(OC)c(OC)cc1[N+](=O)[O-]. The first kappa shape index (κ1) is 25.7. The Hall–Kier alpha value is -4.93. The van der Waals surface area contributed by atoms with E-state index >= 15 is 0 Å². The number of nitrogens with one attached hydrogen (secondary N) is 1. The van der Waals surface area contributed by atoms with Gasteiger partial charge in [0.2, 0.25) is 0 Å². The van der Waals surface area contributed by atoms with E-state index in [1.54, 1.807) is 37.3 Å².